The summed E-state index contributed by atoms with van der Waals surface area (Å²) in [5.41, 5.74) is 0.209. The summed E-state index contributed by atoms with van der Waals surface area (Å²) < 4.78 is 10.6. The van der Waals surface area contributed by atoms with Crippen LogP contribution >= 0.6 is 0 Å². The smallest absolute Gasteiger partial charge is 0.191 e. The van der Waals surface area contributed by atoms with Crippen molar-refractivity contribution in [3.05, 3.63) is 54.0 Å². The Bertz CT molecular complexity index is 710. The van der Waals surface area contributed by atoms with Crippen LogP contribution < -0.4 is 15.4 Å². The first-order valence-corrected chi connectivity index (χ1v) is 9.42. The molecule has 2 rings (SSSR count). The summed E-state index contributed by atoms with van der Waals surface area (Å²) in [4.78, 5) is 6.61. The lowest BCUT2D eigenvalue weighted by Gasteiger charge is -2.28. The molecule has 1 aromatic carbocycles. The standard InChI is InChI=1S/C21H32N4O3/c1-21(26,16-25(2)3)15-24-20(22-12-11-19-6-5-13-28-19)23-14-17-7-9-18(27-4)10-8-17/h5-10,13,26H,11-12,14-16H2,1-4H3,(H2,22,23,24). The lowest BCUT2D eigenvalue weighted by molar-refractivity contribution is 0.0377. The highest BCUT2D eigenvalue weighted by molar-refractivity contribution is 5.79. The molecule has 154 valence electrons. The third kappa shape index (κ3) is 8.02. The molecular formula is C21H32N4O3. The number of likely N-dealkylation sites (N-methyl/N-ethyl adjacent to an activating group) is 1. The van der Waals surface area contributed by atoms with Crippen LogP contribution in [0.3, 0.4) is 0 Å². The Balaban J connectivity index is 1.96. The van der Waals surface area contributed by atoms with Crippen molar-refractivity contribution in [3.63, 3.8) is 0 Å². The maximum Gasteiger partial charge on any atom is 0.191 e. The highest BCUT2D eigenvalue weighted by atomic mass is 16.5. The van der Waals surface area contributed by atoms with Crippen LogP contribution in [0.2, 0.25) is 0 Å². The van der Waals surface area contributed by atoms with E-state index < -0.39 is 5.60 Å². The number of rotatable bonds is 10. The minimum absolute atomic E-state index is 0.389. The number of furan rings is 1. The van der Waals surface area contributed by atoms with Crippen molar-refractivity contribution in [2.75, 3.05) is 40.8 Å². The molecule has 0 amide bonds. The number of nitrogens with one attached hydrogen (secondary N) is 2. The van der Waals surface area contributed by atoms with Gasteiger partial charge in [-0.2, -0.15) is 0 Å². The van der Waals surface area contributed by atoms with Gasteiger partial charge in [-0.1, -0.05) is 12.1 Å². The SMILES string of the molecule is COc1ccc(CN=C(NCCc2ccco2)NCC(C)(O)CN(C)C)cc1. The zero-order chi connectivity index (χ0) is 20.4. The molecule has 0 bridgehead atoms. The lowest BCUT2D eigenvalue weighted by Crippen LogP contribution is -2.50. The Kier molecular flexibility index (Phi) is 8.35. The monoisotopic (exact) mass is 388 g/mol. The number of ether oxygens (including phenoxy) is 1. The van der Waals surface area contributed by atoms with E-state index in [-0.39, 0.29) is 0 Å². The number of hydrogen-bond donors (Lipinski definition) is 3. The highest BCUT2D eigenvalue weighted by Gasteiger charge is 2.21. The Labute approximate surface area is 167 Å². The number of nitrogens with zero attached hydrogens (tertiary/aromatic N) is 2. The van der Waals surface area contributed by atoms with Crippen LogP contribution in [0.25, 0.3) is 0 Å². The summed E-state index contributed by atoms with van der Waals surface area (Å²) in [7, 11) is 5.53. The van der Waals surface area contributed by atoms with Gasteiger partial charge in [0.05, 0.1) is 25.5 Å². The van der Waals surface area contributed by atoms with Crippen LogP contribution in [0, 0.1) is 0 Å². The molecule has 1 heterocycles. The van der Waals surface area contributed by atoms with E-state index in [0.29, 0.717) is 32.1 Å². The summed E-state index contributed by atoms with van der Waals surface area (Å²) in [5.74, 6) is 2.39. The van der Waals surface area contributed by atoms with Gasteiger partial charge in [-0.05, 0) is 50.8 Å². The van der Waals surface area contributed by atoms with Crippen LogP contribution in [-0.2, 0) is 13.0 Å². The number of methoxy groups -OCH3 is 1. The molecule has 0 radical (unpaired) electrons. The molecule has 1 aromatic heterocycles. The Morgan fingerprint density at radius 3 is 2.57 bits per heavy atom. The maximum absolute atomic E-state index is 10.5. The zero-order valence-electron chi connectivity index (χ0n) is 17.2. The number of hydrogen-bond acceptors (Lipinski definition) is 5. The summed E-state index contributed by atoms with van der Waals surface area (Å²) in [5, 5.41) is 17.1. The van der Waals surface area contributed by atoms with Gasteiger partial charge in [0.25, 0.3) is 0 Å². The quantitative estimate of drug-likeness (QED) is 0.426. The van der Waals surface area contributed by atoms with Crippen molar-refractivity contribution < 1.29 is 14.3 Å². The summed E-state index contributed by atoms with van der Waals surface area (Å²) in [6.07, 6.45) is 2.43. The van der Waals surface area contributed by atoms with Crippen LogP contribution in [0.15, 0.2) is 52.1 Å². The maximum atomic E-state index is 10.5. The van der Waals surface area contributed by atoms with Gasteiger partial charge >= 0.3 is 0 Å². The number of aliphatic imine (C=N–C) groups is 1. The fourth-order valence-corrected chi connectivity index (χ4v) is 2.85. The first-order valence-electron chi connectivity index (χ1n) is 9.42. The van der Waals surface area contributed by atoms with Gasteiger partial charge < -0.3 is 29.8 Å². The highest BCUT2D eigenvalue weighted by Crippen LogP contribution is 2.12. The summed E-state index contributed by atoms with van der Waals surface area (Å²) in [6, 6.07) is 11.7. The molecule has 0 fully saturated rings. The van der Waals surface area contributed by atoms with E-state index in [1.54, 1.807) is 13.4 Å². The van der Waals surface area contributed by atoms with Crippen LogP contribution in [-0.4, -0.2) is 62.4 Å². The zero-order valence-corrected chi connectivity index (χ0v) is 17.2. The van der Waals surface area contributed by atoms with Crippen molar-refractivity contribution in [1.82, 2.24) is 15.5 Å². The number of benzene rings is 1. The molecule has 0 saturated heterocycles. The van der Waals surface area contributed by atoms with E-state index in [1.807, 2.05) is 62.3 Å². The third-order valence-corrected chi connectivity index (χ3v) is 4.12. The second kappa shape index (κ2) is 10.7. The van der Waals surface area contributed by atoms with Crippen molar-refractivity contribution in [2.24, 2.45) is 4.99 Å². The van der Waals surface area contributed by atoms with E-state index in [9.17, 15) is 5.11 Å². The molecule has 1 unspecified atom stereocenters. The van der Waals surface area contributed by atoms with Crippen molar-refractivity contribution in [1.29, 1.82) is 0 Å². The topological polar surface area (TPSA) is 82.3 Å². The number of guanidine groups is 1. The predicted octanol–water partition coefficient (Wildman–Crippen LogP) is 1.88. The summed E-state index contributed by atoms with van der Waals surface area (Å²) in [6.45, 7) is 3.95. The molecule has 0 aliphatic heterocycles. The first kappa shape index (κ1) is 21.8. The Hall–Kier alpha value is -2.51. The second-order valence-corrected chi connectivity index (χ2v) is 7.36. The van der Waals surface area contributed by atoms with E-state index in [1.165, 1.54) is 0 Å². The molecule has 0 aliphatic carbocycles. The fourth-order valence-electron chi connectivity index (χ4n) is 2.85. The first-order chi connectivity index (χ1) is 13.4. The fraction of sp³-hybridized carbons (Fsp3) is 0.476. The van der Waals surface area contributed by atoms with Crippen molar-refractivity contribution in [2.45, 2.75) is 25.5 Å². The van der Waals surface area contributed by atoms with Gasteiger partial charge in [0.1, 0.15) is 11.5 Å². The number of aliphatic hydroxyl groups is 1. The molecule has 28 heavy (non-hydrogen) atoms. The molecular weight excluding hydrogens is 356 g/mol. The van der Waals surface area contributed by atoms with Crippen LogP contribution in [0.4, 0.5) is 0 Å². The molecule has 1 atom stereocenters. The Morgan fingerprint density at radius 1 is 1.21 bits per heavy atom. The van der Waals surface area contributed by atoms with E-state index in [4.69, 9.17) is 9.15 Å². The van der Waals surface area contributed by atoms with Crippen molar-refractivity contribution >= 4 is 5.96 Å². The van der Waals surface area contributed by atoms with Gasteiger partial charge in [-0.3, -0.25) is 0 Å². The van der Waals surface area contributed by atoms with E-state index in [2.05, 4.69) is 15.6 Å². The Morgan fingerprint density at radius 2 is 1.96 bits per heavy atom. The normalized spacial score (nSPS) is 14.0. The van der Waals surface area contributed by atoms with Gasteiger partial charge in [0, 0.05) is 26.1 Å². The molecule has 7 heteroatoms. The molecule has 3 N–H and O–H groups in total. The van der Waals surface area contributed by atoms with Gasteiger partial charge in [0.2, 0.25) is 0 Å². The second-order valence-electron chi connectivity index (χ2n) is 7.36. The van der Waals surface area contributed by atoms with Gasteiger partial charge in [-0.25, -0.2) is 4.99 Å². The minimum Gasteiger partial charge on any atom is -0.497 e. The minimum atomic E-state index is -0.868. The van der Waals surface area contributed by atoms with Crippen LogP contribution in [0.5, 0.6) is 5.75 Å². The average Bonchev–Trinajstić information content (AvgIpc) is 3.16. The molecule has 0 saturated carbocycles. The van der Waals surface area contributed by atoms with E-state index in [0.717, 1.165) is 23.5 Å². The van der Waals surface area contributed by atoms with Gasteiger partial charge in [0.15, 0.2) is 5.96 Å². The molecule has 0 spiro atoms. The van der Waals surface area contributed by atoms with E-state index >= 15 is 0 Å². The third-order valence-electron chi connectivity index (χ3n) is 4.12. The molecule has 7 nitrogen and oxygen atoms in total. The predicted molar refractivity (Wildman–Crippen MR) is 112 cm³/mol. The average molecular weight is 389 g/mol. The largest absolute Gasteiger partial charge is 0.497 e. The van der Waals surface area contributed by atoms with Crippen molar-refractivity contribution in [3.8, 4) is 5.75 Å². The molecule has 0 aliphatic rings. The van der Waals surface area contributed by atoms with Gasteiger partial charge in [-0.15, -0.1) is 0 Å². The summed E-state index contributed by atoms with van der Waals surface area (Å²) >= 11 is 0. The van der Waals surface area contributed by atoms with Crippen LogP contribution in [0.1, 0.15) is 18.2 Å². The lowest BCUT2D eigenvalue weighted by atomic mass is 10.1. The molecule has 2 aromatic rings.